The maximum Gasteiger partial charge on any atom is 0.248 e. The lowest BCUT2D eigenvalue weighted by molar-refractivity contribution is -0.111. The molecule has 0 saturated carbocycles. The molecule has 6 heteroatoms. The van der Waals surface area contributed by atoms with Crippen molar-refractivity contribution in [2.24, 2.45) is 0 Å². The Morgan fingerprint density at radius 3 is 2.61 bits per heavy atom. The number of benzene rings is 3. The third-order valence-corrected chi connectivity index (χ3v) is 5.92. The van der Waals surface area contributed by atoms with Crippen molar-refractivity contribution in [3.05, 3.63) is 88.1 Å². The van der Waals surface area contributed by atoms with Gasteiger partial charge < -0.3 is 14.5 Å². The van der Waals surface area contributed by atoms with E-state index >= 15 is 0 Å². The molecule has 168 valence electrons. The highest BCUT2D eigenvalue weighted by Gasteiger charge is 2.17. The van der Waals surface area contributed by atoms with Gasteiger partial charge in [-0.25, -0.2) is 0 Å². The molecule has 4 nitrogen and oxygen atoms in total. The van der Waals surface area contributed by atoms with Crippen LogP contribution in [0.25, 0.3) is 27.7 Å². The van der Waals surface area contributed by atoms with Gasteiger partial charge in [0.2, 0.25) is 5.91 Å². The fourth-order valence-corrected chi connectivity index (χ4v) is 4.22. The van der Waals surface area contributed by atoms with Crippen LogP contribution >= 0.6 is 23.2 Å². The fourth-order valence-electron chi connectivity index (χ4n) is 3.71. The number of amides is 1. The first-order valence-electron chi connectivity index (χ1n) is 10.6. The zero-order valence-electron chi connectivity index (χ0n) is 18.5. The van der Waals surface area contributed by atoms with Crippen LogP contribution in [0.5, 0.6) is 5.75 Å². The summed E-state index contributed by atoms with van der Waals surface area (Å²) in [6, 6.07) is 16.8. The molecule has 0 radical (unpaired) electrons. The van der Waals surface area contributed by atoms with Crippen LogP contribution in [-0.2, 0) is 4.79 Å². The Morgan fingerprint density at radius 2 is 1.88 bits per heavy atom. The molecule has 1 N–H and O–H groups in total. The van der Waals surface area contributed by atoms with Gasteiger partial charge in [-0.1, -0.05) is 47.5 Å². The van der Waals surface area contributed by atoms with Crippen LogP contribution in [0.15, 0.2) is 71.4 Å². The van der Waals surface area contributed by atoms with Crippen molar-refractivity contribution >= 4 is 51.3 Å². The van der Waals surface area contributed by atoms with E-state index in [1.54, 1.807) is 24.5 Å². The first kappa shape index (κ1) is 23.0. The quantitative estimate of drug-likeness (QED) is 0.283. The van der Waals surface area contributed by atoms with Crippen LogP contribution in [0.1, 0.15) is 25.0 Å². The molecule has 3 aromatic carbocycles. The molecule has 0 aliphatic carbocycles. The maximum absolute atomic E-state index is 12.7. The van der Waals surface area contributed by atoms with Gasteiger partial charge in [-0.2, -0.15) is 0 Å². The van der Waals surface area contributed by atoms with Gasteiger partial charge in [-0.3, -0.25) is 4.79 Å². The second-order valence-corrected chi connectivity index (χ2v) is 8.53. The van der Waals surface area contributed by atoms with Crippen LogP contribution in [-0.4, -0.2) is 12.5 Å². The summed E-state index contributed by atoms with van der Waals surface area (Å²) in [5.41, 5.74) is 5.66. The van der Waals surface area contributed by atoms with Crippen LogP contribution in [0.3, 0.4) is 0 Å². The maximum atomic E-state index is 12.7. The van der Waals surface area contributed by atoms with Crippen LogP contribution in [0.4, 0.5) is 5.69 Å². The monoisotopic (exact) mass is 479 g/mol. The summed E-state index contributed by atoms with van der Waals surface area (Å²) in [5.74, 6) is 0.433. The molecular formula is C27H23Cl2NO3. The lowest BCUT2D eigenvalue weighted by Gasteiger charge is -2.12. The fraction of sp³-hybridized carbons (Fsp3) is 0.148. The number of para-hydroxylation sites is 1. The molecule has 1 aromatic heterocycles. The Balaban J connectivity index is 1.76. The van der Waals surface area contributed by atoms with Crippen molar-refractivity contribution in [1.82, 2.24) is 0 Å². The second-order valence-electron chi connectivity index (χ2n) is 7.68. The molecule has 4 aromatic rings. The molecule has 1 amide bonds. The SMILES string of the molecule is CCOc1cc2occ(-c3ccc(Cl)cc3Cl)c2cc1/C(C)=C/C(=O)Nc1ccccc1C. The Morgan fingerprint density at radius 1 is 1.09 bits per heavy atom. The molecule has 1 heterocycles. The number of aryl methyl sites for hydroxylation is 1. The highest BCUT2D eigenvalue weighted by Crippen LogP contribution is 2.40. The number of allylic oxidation sites excluding steroid dienone is 1. The van der Waals surface area contributed by atoms with E-state index in [2.05, 4.69) is 5.32 Å². The average Bonchev–Trinajstić information content (AvgIpc) is 3.17. The van der Waals surface area contributed by atoms with Gasteiger partial charge in [0.25, 0.3) is 0 Å². The largest absolute Gasteiger partial charge is 0.493 e. The number of nitrogens with one attached hydrogen (secondary N) is 1. The molecule has 0 fully saturated rings. The number of carbonyl (C=O) groups is 1. The number of fused-ring (bicyclic) bond motifs is 1. The van der Waals surface area contributed by atoms with Crippen molar-refractivity contribution in [3.63, 3.8) is 0 Å². The molecule has 0 unspecified atom stereocenters. The number of ether oxygens (including phenoxy) is 1. The van der Waals surface area contributed by atoms with Gasteiger partial charge in [0.15, 0.2) is 0 Å². The van der Waals surface area contributed by atoms with Gasteiger partial charge in [-0.05, 0) is 56.2 Å². The number of halogens is 2. The van der Waals surface area contributed by atoms with Gasteiger partial charge in [-0.15, -0.1) is 0 Å². The molecule has 4 rings (SSSR count). The summed E-state index contributed by atoms with van der Waals surface area (Å²) >= 11 is 12.5. The van der Waals surface area contributed by atoms with Crippen molar-refractivity contribution in [2.75, 3.05) is 11.9 Å². The minimum atomic E-state index is -0.211. The van der Waals surface area contributed by atoms with E-state index < -0.39 is 0 Å². The van der Waals surface area contributed by atoms with E-state index in [9.17, 15) is 4.79 Å². The standard InChI is InChI=1S/C27H23Cl2NO3/c1-4-32-25-14-26-21(22(15-33-26)19-10-9-18(28)12-23(19)29)13-20(25)17(3)11-27(31)30-24-8-6-5-7-16(24)2/h5-15H,4H2,1-3H3,(H,30,31)/b17-11+. The topological polar surface area (TPSA) is 51.5 Å². The summed E-state index contributed by atoms with van der Waals surface area (Å²) in [5, 5.41) is 4.90. The van der Waals surface area contributed by atoms with E-state index in [-0.39, 0.29) is 5.91 Å². The summed E-state index contributed by atoms with van der Waals surface area (Å²) in [7, 11) is 0. The van der Waals surface area contributed by atoms with Gasteiger partial charge in [0.05, 0.1) is 17.9 Å². The molecule has 0 saturated heterocycles. The van der Waals surface area contributed by atoms with Crippen molar-refractivity contribution < 1.29 is 13.9 Å². The molecule has 0 aliphatic heterocycles. The number of furan rings is 1. The van der Waals surface area contributed by atoms with Crippen molar-refractivity contribution in [3.8, 4) is 16.9 Å². The zero-order valence-corrected chi connectivity index (χ0v) is 20.1. The van der Waals surface area contributed by atoms with Crippen molar-refractivity contribution in [1.29, 1.82) is 0 Å². The van der Waals surface area contributed by atoms with Gasteiger partial charge >= 0.3 is 0 Å². The van der Waals surface area contributed by atoms with E-state index in [4.69, 9.17) is 32.4 Å². The molecule has 0 atom stereocenters. The Hall–Kier alpha value is -3.21. The first-order valence-corrected chi connectivity index (χ1v) is 11.3. The lowest BCUT2D eigenvalue weighted by atomic mass is 9.99. The summed E-state index contributed by atoms with van der Waals surface area (Å²) in [6.45, 7) is 6.24. The highest BCUT2D eigenvalue weighted by molar-refractivity contribution is 6.36. The van der Waals surface area contributed by atoms with Crippen LogP contribution < -0.4 is 10.1 Å². The molecule has 0 spiro atoms. The normalized spacial score (nSPS) is 11.6. The third kappa shape index (κ3) is 4.92. The number of hydrogen-bond donors (Lipinski definition) is 1. The molecule has 0 bridgehead atoms. The Kier molecular flexibility index (Phi) is 6.77. The highest BCUT2D eigenvalue weighted by atomic mass is 35.5. The average molecular weight is 480 g/mol. The zero-order chi connectivity index (χ0) is 23.5. The molecule has 0 aliphatic rings. The van der Waals surface area contributed by atoms with E-state index in [1.807, 2.05) is 63.2 Å². The summed E-state index contributed by atoms with van der Waals surface area (Å²) in [6.07, 6.45) is 3.24. The third-order valence-electron chi connectivity index (χ3n) is 5.37. The molecular weight excluding hydrogens is 457 g/mol. The predicted octanol–water partition coefficient (Wildman–Crippen LogP) is 8.16. The Labute approximate surface area is 202 Å². The van der Waals surface area contributed by atoms with Crippen molar-refractivity contribution in [2.45, 2.75) is 20.8 Å². The van der Waals surface area contributed by atoms with E-state index in [1.165, 1.54) is 0 Å². The van der Waals surface area contributed by atoms with Gasteiger partial charge in [0, 0.05) is 44.9 Å². The number of hydrogen-bond acceptors (Lipinski definition) is 3. The first-order chi connectivity index (χ1) is 15.9. The minimum Gasteiger partial charge on any atom is -0.493 e. The van der Waals surface area contributed by atoms with Crippen LogP contribution in [0.2, 0.25) is 10.0 Å². The summed E-state index contributed by atoms with van der Waals surface area (Å²) < 4.78 is 11.7. The predicted molar refractivity (Wildman–Crippen MR) is 136 cm³/mol. The minimum absolute atomic E-state index is 0.211. The van der Waals surface area contributed by atoms with Crippen LogP contribution in [0, 0.1) is 6.92 Å². The van der Waals surface area contributed by atoms with E-state index in [0.29, 0.717) is 28.0 Å². The lowest BCUT2D eigenvalue weighted by Crippen LogP contribution is -2.09. The van der Waals surface area contributed by atoms with Gasteiger partial charge in [0.1, 0.15) is 11.3 Å². The van der Waals surface area contributed by atoms with E-state index in [0.717, 1.165) is 38.9 Å². The number of rotatable bonds is 6. The number of carbonyl (C=O) groups excluding carboxylic acids is 1. The smallest absolute Gasteiger partial charge is 0.248 e. The molecule has 33 heavy (non-hydrogen) atoms. The Bertz CT molecular complexity index is 1370. The number of anilines is 1. The summed E-state index contributed by atoms with van der Waals surface area (Å²) in [4.78, 5) is 12.7. The second kappa shape index (κ2) is 9.74.